The SMILES string of the molecule is COc1c(Cl)cccc1NC(=O)N1CCc2sccc2C1. The zero-order valence-electron chi connectivity index (χ0n) is 11.6. The molecular weight excluding hydrogens is 308 g/mol. The van der Waals surface area contributed by atoms with Gasteiger partial charge in [0.05, 0.1) is 17.8 Å². The number of hydrogen-bond donors (Lipinski definition) is 1. The highest BCUT2D eigenvalue weighted by Crippen LogP contribution is 2.33. The van der Waals surface area contributed by atoms with E-state index in [0.29, 0.717) is 23.0 Å². The Balaban J connectivity index is 1.74. The Morgan fingerprint density at radius 3 is 3.10 bits per heavy atom. The Labute approximate surface area is 132 Å². The van der Waals surface area contributed by atoms with Crippen molar-refractivity contribution >= 4 is 34.7 Å². The molecule has 1 aliphatic heterocycles. The summed E-state index contributed by atoms with van der Waals surface area (Å²) in [5.41, 5.74) is 1.82. The van der Waals surface area contributed by atoms with Crippen LogP contribution < -0.4 is 10.1 Å². The van der Waals surface area contributed by atoms with E-state index in [1.54, 1.807) is 34.4 Å². The summed E-state index contributed by atoms with van der Waals surface area (Å²) in [6.45, 7) is 1.37. The fraction of sp³-hybridized carbons (Fsp3) is 0.267. The highest BCUT2D eigenvalue weighted by molar-refractivity contribution is 7.10. The summed E-state index contributed by atoms with van der Waals surface area (Å²) < 4.78 is 5.24. The summed E-state index contributed by atoms with van der Waals surface area (Å²) in [7, 11) is 1.54. The van der Waals surface area contributed by atoms with Gasteiger partial charge in [-0.1, -0.05) is 17.7 Å². The molecule has 2 heterocycles. The maximum Gasteiger partial charge on any atom is 0.322 e. The number of urea groups is 1. The molecule has 6 heteroatoms. The van der Waals surface area contributed by atoms with E-state index in [-0.39, 0.29) is 6.03 Å². The quantitative estimate of drug-likeness (QED) is 0.908. The minimum absolute atomic E-state index is 0.132. The number of nitrogens with one attached hydrogen (secondary N) is 1. The molecule has 0 spiro atoms. The smallest absolute Gasteiger partial charge is 0.322 e. The van der Waals surface area contributed by atoms with E-state index in [4.69, 9.17) is 16.3 Å². The van der Waals surface area contributed by atoms with Gasteiger partial charge in [-0.15, -0.1) is 11.3 Å². The van der Waals surface area contributed by atoms with Gasteiger partial charge in [-0.3, -0.25) is 0 Å². The van der Waals surface area contributed by atoms with E-state index in [9.17, 15) is 4.79 Å². The molecule has 0 aliphatic carbocycles. The minimum atomic E-state index is -0.132. The van der Waals surface area contributed by atoms with Crippen LogP contribution in [0.25, 0.3) is 0 Å². The summed E-state index contributed by atoms with van der Waals surface area (Å²) in [4.78, 5) is 15.6. The van der Waals surface area contributed by atoms with E-state index in [0.717, 1.165) is 13.0 Å². The van der Waals surface area contributed by atoms with Gasteiger partial charge in [-0.05, 0) is 35.6 Å². The number of amides is 2. The van der Waals surface area contributed by atoms with Crippen molar-refractivity contribution in [1.82, 2.24) is 4.90 Å². The molecule has 0 unspecified atom stereocenters. The van der Waals surface area contributed by atoms with E-state index >= 15 is 0 Å². The van der Waals surface area contributed by atoms with Crippen molar-refractivity contribution in [3.63, 3.8) is 0 Å². The predicted octanol–water partition coefficient (Wildman–Crippen LogP) is 4.00. The second-order valence-electron chi connectivity index (χ2n) is 4.79. The van der Waals surface area contributed by atoms with Gasteiger partial charge in [-0.25, -0.2) is 4.79 Å². The van der Waals surface area contributed by atoms with Crippen LogP contribution in [-0.2, 0) is 13.0 Å². The summed E-state index contributed by atoms with van der Waals surface area (Å²) in [6, 6.07) is 7.25. The first-order chi connectivity index (χ1) is 10.2. The van der Waals surface area contributed by atoms with Crippen LogP contribution in [0.1, 0.15) is 10.4 Å². The van der Waals surface area contributed by atoms with Crippen molar-refractivity contribution in [1.29, 1.82) is 0 Å². The van der Waals surface area contributed by atoms with Crippen molar-refractivity contribution in [3.8, 4) is 5.75 Å². The van der Waals surface area contributed by atoms with E-state index < -0.39 is 0 Å². The lowest BCUT2D eigenvalue weighted by atomic mass is 10.1. The molecule has 0 fully saturated rings. The molecular formula is C15H15ClN2O2S. The first-order valence-electron chi connectivity index (χ1n) is 6.62. The van der Waals surface area contributed by atoms with Crippen molar-refractivity contribution in [2.24, 2.45) is 0 Å². The largest absolute Gasteiger partial charge is 0.493 e. The van der Waals surface area contributed by atoms with Gasteiger partial charge in [0.25, 0.3) is 0 Å². The Bertz CT molecular complexity index is 671. The van der Waals surface area contributed by atoms with Gasteiger partial charge in [0.15, 0.2) is 5.75 Å². The molecule has 3 rings (SSSR count). The van der Waals surface area contributed by atoms with E-state index in [1.165, 1.54) is 17.6 Å². The molecule has 0 radical (unpaired) electrons. The van der Waals surface area contributed by atoms with Gasteiger partial charge >= 0.3 is 6.03 Å². The number of methoxy groups -OCH3 is 1. The molecule has 1 aliphatic rings. The van der Waals surface area contributed by atoms with Crippen LogP contribution in [0.2, 0.25) is 5.02 Å². The molecule has 1 N–H and O–H groups in total. The number of halogens is 1. The second-order valence-corrected chi connectivity index (χ2v) is 6.20. The number of anilines is 1. The van der Waals surface area contributed by atoms with Crippen LogP contribution in [0.5, 0.6) is 5.75 Å². The number of para-hydroxylation sites is 1. The fourth-order valence-corrected chi connectivity index (χ4v) is 3.57. The van der Waals surface area contributed by atoms with Crippen LogP contribution in [0.4, 0.5) is 10.5 Å². The second kappa shape index (κ2) is 5.95. The number of nitrogens with zero attached hydrogens (tertiary/aromatic N) is 1. The first-order valence-corrected chi connectivity index (χ1v) is 7.88. The number of carbonyl (C=O) groups is 1. The number of benzene rings is 1. The summed E-state index contributed by atoms with van der Waals surface area (Å²) >= 11 is 7.82. The maximum atomic E-state index is 12.4. The molecule has 2 aromatic rings. The third-order valence-electron chi connectivity index (χ3n) is 3.51. The van der Waals surface area contributed by atoms with Crippen LogP contribution in [0.3, 0.4) is 0 Å². The van der Waals surface area contributed by atoms with Gasteiger partial charge in [0.2, 0.25) is 0 Å². The summed E-state index contributed by atoms with van der Waals surface area (Å²) in [6.07, 6.45) is 0.910. The number of rotatable bonds is 2. The van der Waals surface area contributed by atoms with Crippen LogP contribution in [0.15, 0.2) is 29.6 Å². The lowest BCUT2D eigenvalue weighted by Crippen LogP contribution is -2.38. The van der Waals surface area contributed by atoms with Crippen LogP contribution in [-0.4, -0.2) is 24.6 Å². The van der Waals surface area contributed by atoms with Crippen molar-refractivity contribution < 1.29 is 9.53 Å². The van der Waals surface area contributed by atoms with Crippen molar-refractivity contribution in [3.05, 3.63) is 45.1 Å². The molecule has 110 valence electrons. The van der Waals surface area contributed by atoms with Gasteiger partial charge in [0, 0.05) is 18.0 Å². The number of hydrogen-bond acceptors (Lipinski definition) is 3. The van der Waals surface area contributed by atoms with Crippen molar-refractivity contribution in [2.45, 2.75) is 13.0 Å². The highest BCUT2D eigenvalue weighted by Gasteiger charge is 2.22. The highest BCUT2D eigenvalue weighted by atomic mass is 35.5. The molecule has 21 heavy (non-hydrogen) atoms. The monoisotopic (exact) mass is 322 g/mol. The fourth-order valence-electron chi connectivity index (χ4n) is 2.43. The zero-order valence-corrected chi connectivity index (χ0v) is 13.1. The van der Waals surface area contributed by atoms with E-state index in [2.05, 4.69) is 16.8 Å². The average Bonchev–Trinajstić information content (AvgIpc) is 2.94. The maximum absolute atomic E-state index is 12.4. The third-order valence-corrected chi connectivity index (χ3v) is 4.83. The van der Waals surface area contributed by atoms with Gasteiger partial charge < -0.3 is 15.0 Å². The van der Waals surface area contributed by atoms with Crippen molar-refractivity contribution in [2.75, 3.05) is 19.0 Å². The topological polar surface area (TPSA) is 41.6 Å². The number of thiophene rings is 1. The van der Waals surface area contributed by atoms with E-state index in [1.807, 2.05) is 0 Å². The Morgan fingerprint density at radius 1 is 1.43 bits per heavy atom. The molecule has 0 bridgehead atoms. The molecule has 0 saturated heterocycles. The molecule has 0 saturated carbocycles. The summed E-state index contributed by atoms with van der Waals surface area (Å²) in [5, 5.41) is 5.43. The van der Waals surface area contributed by atoms with Gasteiger partial charge in [0.1, 0.15) is 0 Å². The van der Waals surface area contributed by atoms with Gasteiger partial charge in [-0.2, -0.15) is 0 Å². The summed E-state index contributed by atoms with van der Waals surface area (Å²) in [5.74, 6) is 0.487. The Morgan fingerprint density at radius 2 is 2.29 bits per heavy atom. The molecule has 4 nitrogen and oxygen atoms in total. The Hall–Kier alpha value is -1.72. The number of carbonyl (C=O) groups excluding carboxylic acids is 1. The lowest BCUT2D eigenvalue weighted by Gasteiger charge is -2.27. The minimum Gasteiger partial charge on any atom is -0.493 e. The number of ether oxygens (including phenoxy) is 1. The molecule has 1 aromatic heterocycles. The molecule has 2 amide bonds. The Kier molecular flexibility index (Phi) is 4.03. The normalized spacial score (nSPS) is 13.7. The predicted molar refractivity (Wildman–Crippen MR) is 85.5 cm³/mol. The zero-order chi connectivity index (χ0) is 14.8. The molecule has 1 aromatic carbocycles. The average molecular weight is 323 g/mol. The van der Waals surface area contributed by atoms with Crippen LogP contribution in [0, 0.1) is 0 Å². The third kappa shape index (κ3) is 2.84. The van der Waals surface area contributed by atoms with Crippen LogP contribution >= 0.6 is 22.9 Å². The number of fused-ring (bicyclic) bond motifs is 1. The standard InChI is InChI=1S/C15H15ClN2O2S/c1-20-14-11(16)3-2-4-12(14)17-15(19)18-7-5-13-10(9-18)6-8-21-13/h2-4,6,8H,5,7,9H2,1H3,(H,17,19). The first kappa shape index (κ1) is 14.2. The molecule has 0 atom stereocenters. The lowest BCUT2D eigenvalue weighted by molar-refractivity contribution is 0.206.